The van der Waals surface area contributed by atoms with Crippen LogP contribution in [0, 0.1) is 0 Å². The summed E-state index contributed by atoms with van der Waals surface area (Å²) in [7, 11) is 0. The van der Waals surface area contributed by atoms with Crippen LogP contribution in [-0.2, 0) is 4.79 Å². The number of hydrogen-bond acceptors (Lipinski definition) is 2. The topological polar surface area (TPSA) is 34.9 Å². The van der Waals surface area contributed by atoms with Gasteiger partial charge < -0.3 is 4.57 Å². The van der Waals surface area contributed by atoms with E-state index in [1.807, 2.05) is 12.4 Å². The first-order valence-electron chi connectivity index (χ1n) is 4.46. The molecular formula is C10H12N2O. The molecule has 0 atom stereocenters. The summed E-state index contributed by atoms with van der Waals surface area (Å²) in [6.45, 7) is 1.80. The number of carbonyl (C=O) groups is 1. The lowest BCUT2D eigenvalue weighted by Crippen LogP contribution is -1.94. The van der Waals surface area contributed by atoms with Gasteiger partial charge in [-0.1, -0.05) is 0 Å². The molecule has 1 heterocycles. The Morgan fingerprint density at radius 2 is 2.46 bits per heavy atom. The fourth-order valence-corrected chi connectivity index (χ4v) is 1.35. The van der Waals surface area contributed by atoms with Crippen molar-refractivity contribution in [3.05, 3.63) is 23.8 Å². The largest absolute Gasteiger partial charge is 0.328 e. The number of allylic oxidation sites excluding steroid dienone is 1. The van der Waals surface area contributed by atoms with E-state index in [-0.39, 0.29) is 0 Å². The summed E-state index contributed by atoms with van der Waals surface area (Å²) in [5, 5.41) is 0. The molecule has 3 heteroatoms. The third kappa shape index (κ3) is 1.69. The van der Waals surface area contributed by atoms with Crippen LogP contribution >= 0.6 is 0 Å². The van der Waals surface area contributed by atoms with Gasteiger partial charge in [-0.05, 0) is 31.4 Å². The van der Waals surface area contributed by atoms with Crippen molar-refractivity contribution in [2.45, 2.75) is 25.8 Å². The molecule has 1 aliphatic rings. The van der Waals surface area contributed by atoms with Crippen LogP contribution in [-0.4, -0.2) is 15.8 Å². The van der Waals surface area contributed by atoms with Crippen molar-refractivity contribution >= 4 is 12.4 Å². The molecule has 0 aliphatic heterocycles. The van der Waals surface area contributed by atoms with E-state index >= 15 is 0 Å². The number of carbonyl (C=O) groups excluding carboxylic acids is 1. The molecule has 1 aromatic heterocycles. The Hall–Kier alpha value is -1.38. The first-order chi connectivity index (χ1) is 6.31. The minimum atomic E-state index is 0.619. The molecule has 13 heavy (non-hydrogen) atoms. The van der Waals surface area contributed by atoms with Gasteiger partial charge in [-0.3, -0.25) is 4.79 Å². The molecule has 1 aromatic rings. The highest BCUT2D eigenvalue weighted by Gasteiger charge is 2.24. The first kappa shape index (κ1) is 8.23. The van der Waals surface area contributed by atoms with Crippen molar-refractivity contribution < 1.29 is 4.79 Å². The van der Waals surface area contributed by atoms with Gasteiger partial charge in [-0.25, -0.2) is 4.98 Å². The number of rotatable bonds is 3. The van der Waals surface area contributed by atoms with Crippen LogP contribution in [0.2, 0.25) is 0 Å². The van der Waals surface area contributed by atoms with Crippen molar-refractivity contribution in [3.8, 4) is 0 Å². The second-order valence-electron chi connectivity index (χ2n) is 3.46. The highest BCUT2D eigenvalue weighted by molar-refractivity contribution is 5.80. The Morgan fingerprint density at radius 3 is 3.08 bits per heavy atom. The smallest absolute Gasteiger partial charge is 0.145 e. The lowest BCUT2D eigenvalue weighted by atomic mass is 10.3. The highest BCUT2D eigenvalue weighted by atomic mass is 16.1. The zero-order chi connectivity index (χ0) is 9.26. The maximum Gasteiger partial charge on any atom is 0.145 e. The van der Waals surface area contributed by atoms with Crippen molar-refractivity contribution in [1.29, 1.82) is 0 Å². The van der Waals surface area contributed by atoms with Crippen LogP contribution in [0.15, 0.2) is 18.1 Å². The van der Waals surface area contributed by atoms with E-state index in [1.165, 1.54) is 12.8 Å². The summed E-state index contributed by atoms with van der Waals surface area (Å²) >= 11 is 0. The van der Waals surface area contributed by atoms with Crippen LogP contribution in [0.5, 0.6) is 0 Å². The van der Waals surface area contributed by atoms with Crippen LogP contribution in [0.1, 0.15) is 31.5 Å². The number of nitrogens with zero attached hydrogens (tertiary/aromatic N) is 2. The predicted molar refractivity (Wildman–Crippen MR) is 50.2 cm³/mol. The van der Waals surface area contributed by atoms with Crippen LogP contribution in [0.25, 0.3) is 6.08 Å². The monoisotopic (exact) mass is 176 g/mol. The van der Waals surface area contributed by atoms with Gasteiger partial charge in [0.2, 0.25) is 0 Å². The molecule has 0 spiro atoms. The normalized spacial score (nSPS) is 17.5. The molecule has 0 unspecified atom stereocenters. The van der Waals surface area contributed by atoms with Gasteiger partial charge in [-0.15, -0.1) is 0 Å². The van der Waals surface area contributed by atoms with Gasteiger partial charge in [0.15, 0.2) is 0 Å². The van der Waals surface area contributed by atoms with Crippen molar-refractivity contribution in [1.82, 2.24) is 9.55 Å². The molecule has 3 nitrogen and oxygen atoms in total. The number of imidazole rings is 1. The lowest BCUT2D eigenvalue weighted by Gasteiger charge is -2.01. The summed E-state index contributed by atoms with van der Waals surface area (Å²) in [6, 6.07) is 0.619. The zero-order valence-electron chi connectivity index (χ0n) is 7.60. The quantitative estimate of drug-likeness (QED) is 0.520. The molecular weight excluding hydrogens is 164 g/mol. The summed E-state index contributed by atoms with van der Waals surface area (Å²) in [5.41, 5.74) is 1.77. The minimum Gasteiger partial charge on any atom is -0.328 e. The van der Waals surface area contributed by atoms with E-state index in [0.29, 0.717) is 6.04 Å². The minimum absolute atomic E-state index is 0.619. The van der Waals surface area contributed by atoms with Gasteiger partial charge >= 0.3 is 0 Å². The second kappa shape index (κ2) is 3.17. The van der Waals surface area contributed by atoms with E-state index in [4.69, 9.17) is 0 Å². The maximum absolute atomic E-state index is 10.4. The standard InChI is InChI=1S/C10H12N2O/c1-8(6-13)4-10-5-11-7-12(10)9-2-3-9/h4-7,9H,2-3H2,1H3. The molecule has 1 aliphatic carbocycles. The fourth-order valence-electron chi connectivity index (χ4n) is 1.35. The van der Waals surface area contributed by atoms with E-state index in [2.05, 4.69) is 9.55 Å². The Labute approximate surface area is 77.1 Å². The third-order valence-corrected chi connectivity index (χ3v) is 2.20. The Kier molecular flexibility index (Phi) is 2.00. The fraction of sp³-hybridized carbons (Fsp3) is 0.400. The van der Waals surface area contributed by atoms with Crippen molar-refractivity contribution in [2.24, 2.45) is 0 Å². The van der Waals surface area contributed by atoms with Gasteiger partial charge in [0.1, 0.15) is 6.29 Å². The molecule has 0 N–H and O–H groups in total. The van der Waals surface area contributed by atoms with E-state index < -0.39 is 0 Å². The van der Waals surface area contributed by atoms with E-state index in [0.717, 1.165) is 17.6 Å². The summed E-state index contributed by atoms with van der Waals surface area (Å²) in [6.07, 6.45) is 8.84. The molecule has 68 valence electrons. The van der Waals surface area contributed by atoms with Crippen LogP contribution < -0.4 is 0 Å². The number of aldehydes is 1. The second-order valence-corrected chi connectivity index (χ2v) is 3.46. The Morgan fingerprint density at radius 1 is 1.69 bits per heavy atom. The van der Waals surface area contributed by atoms with Crippen molar-refractivity contribution in [2.75, 3.05) is 0 Å². The SMILES string of the molecule is CC(C=O)=Cc1cncn1C1CC1. The highest BCUT2D eigenvalue weighted by Crippen LogP contribution is 2.35. The van der Waals surface area contributed by atoms with E-state index in [9.17, 15) is 4.79 Å². The summed E-state index contributed by atoms with van der Waals surface area (Å²) in [5.74, 6) is 0. The molecule has 0 radical (unpaired) electrons. The molecule has 1 saturated carbocycles. The lowest BCUT2D eigenvalue weighted by molar-refractivity contribution is -0.104. The number of hydrogen-bond donors (Lipinski definition) is 0. The molecule has 0 amide bonds. The van der Waals surface area contributed by atoms with Gasteiger partial charge in [0.05, 0.1) is 18.2 Å². The zero-order valence-corrected chi connectivity index (χ0v) is 7.60. The van der Waals surface area contributed by atoms with Crippen LogP contribution in [0.4, 0.5) is 0 Å². The molecule has 0 aromatic carbocycles. The Bertz CT molecular complexity index is 348. The molecule has 0 bridgehead atoms. The summed E-state index contributed by atoms with van der Waals surface area (Å²) < 4.78 is 2.13. The van der Waals surface area contributed by atoms with E-state index in [1.54, 1.807) is 13.1 Å². The van der Waals surface area contributed by atoms with Crippen LogP contribution in [0.3, 0.4) is 0 Å². The Balaban J connectivity index is 2.28. The maximum atomic E-state index is 10.4. The van der Waals surface area contributed by atoms with Gasteiger partial charge in [0.25, 0.3) is 0 Å². The molecule has 0 saturated heterocycles. The summed E-state index contributed by atoms with van der Waals surface area (Å²) in [4.78, 5) is 14.5. The van der Waals surface area contributed by atoms with Gasteiger partial charge in [-0.2, -0.15) is 0 Å². The molecule has 2 rings (SSSR count). The first-order valence-corrected chi connectivity index (χ1v) is 4.46. The third-order valence-electron chi connectivity index (χ3n) is 2.20. The number of aromatic nitrogens is 2. The average molecular weight is 176 g/mol. The predicted octanol–water partition coefficient (Wildman–Crippen LogP) is 1.82. The van der Waals surface area contributed by atoms with Gasteiger partial charge in [0, 0.05) is 6.04 Å². The van der Waals surface area contributed by atoms with Crippen molar-refractivity contribution in [3.63, 3.8) is 0 Å². The molecule has 1 fully saturated rings. The average Bonchev–Trinajstić information content (AvgIpc) is 2.88.